The van der Waals surface area contributed by atoms with E-state index in [1.807, 2.05) is 12.1 Å². The van der Waals surface area contributed by atoms with Crippen LogP contribution in [0.25, 0.3) is 10.9 Å². The molecule has 0 radical (unpaired) electrons. The summed E-state index contributed by atoms with van der Waals surface area (Å²) in [5.41, 5.74) is 2.29. The molecule has 1 fully saturated rings. The lowest BCUT2D eigenvalue weighted by atomic mass is 10.1. The summed E-state index contributed by atoms with van der Waals surface area (Å²) in [6.45, 7) is 6.59. The molecule has 1 N–H and O–H groups in total. The Morgan fingerprint density at radius 2 is 2.16 bits per heavy atom. The number of halogens is 1. The predicted octanol–water partition coefficient (Wildman–Crippen LogP) is 3.97. The fraction of sp³-hybridized carbons (Fsp3) is 0.467. The number of benzene rings is 1. The average Bonchev–Trinajstić information content (AvgIpc) is 2.70. The van der Waals surface area contributed by atoms with E-state index < -0.39 is 0 Å². The molecule has 0 atom stereocenters. The molecule has 0 spiro atoms. The van der Waals surface area contributed by atoms with Crippen LogP contribution in [0.15, 0.2) is 18.2 Å². The first kappa shape index (κ1) is 12.8. The second kappa shape index (κ2) is 5.06. The van der Waals surface area contributed by atoms with Crippen LogP contribution in [0.5, 0.6) is 5.75 Å². The van der Waals surface area contributed by atoms with E-state index in [4.69, 9.17) is 21.1 Å². The van der Waals surface area contributed by atoms with Gasteiger partial charge in [-0.1, -0.05) is 25.4 Å². The number of aromatic nitrogens is 1. The van der Waals surface area contributed by atoms with Crippen molar-refractivity contribution in [1.29, 1.82) is 0 Å². The number of hydrogen-bond donors (Lipinski definition) is 1. The number of hydrogen-bond acceptors (Lipinski definition) is 2. The Labute approximate surface area is 117 Å². The Kier molecular flexibility index (Phi) is 3.42. The lowest BCUT2D eigenvalue weighted by molar-refractivity contribution is -0.0508. The summed E-state index contributed by atoms with van der Waals surface area (Å²) >= 11 is 6.27. The molecule has 0 bridgehead atoms. The van der Waals surface area contributed by atoms with E-state index in [0.717, 1.165) is 29.9 Å². The fourth-order valence-electron chi connectivity index (χ4n) is 2.17. The smallest absolute Gasteiger partial charge is 0.140 e. The fourth-order valence-corrected chi connectivity index (χ4v) is 2.39. The molecule has 1 aromatic carbocycles. The molecular formula is C15H18ClNO2. The van der Waals surface area contributed by atoms with Gasteiger partial charge in [-0.05, 0) is 18.1 Å². The first-order chi connectivity index (χ1) is 9.13. The third-order valence-corrected chi connectivity index (χ3v) is 3.79. The molecule has 1 aromatic heterocycles. The van der Waals surface area contributed by atoms with Crippen LogP contribution >= 0.6 is 11.6 Å². The minimum Gasteiger partial charge on any atom is -0.491 e. The zero-order chi connectivity index (χ0) is 13.4. The molecule has 2 heterocycles. The van der Waals surface area contributed by atoms with Crippen LogP contribution in [0.4, 0.5) is 0 Å². The highest BCUT2D eigenvalue weighted by Crippen LogP contribution is 2.32. The van der Waals surface area contributed by atoms with Crippen molar-refractivity contribution < 1.29 is 9.47 Å². The van der Waals surface area contributed by atoms with Gasteiger partial charge in [-0.25, -0.2) is 0 Å². The van der Waals surface area contributed by atoms with Crippen LogP contribution in [-0.4, -0.2) is 24.8 Å². The largest absolute Gasteiger partial charge is 0.491 e. The molecule has 1 aliphatic rings. The minimum absolute atomic E-state index is 0.475. The van der Waals surface area contributed by atoms with Crippen molar-refractivity contribution in [2.45, 2.75) is 19.8 Å². The summed E-state index contributed by atoms with van der Waals surface area (Å²) in [4.78, 5) is 3.41. The van der Waals surface area contributed by atoms with E-state index in [2.05, 4.69) is 24.9 Å². The molecule has 3 rings (SSSR count). The van der Waals surface area contributed by atoms with Gasteiger partial charge in [0.1, 0.15) is 5.75 Å². The van der Waals surface area contributed by atoms with E-state index in [1.165, 1.54) is 5.69 Å². The van der Waals surface area contributed by atoms with Crippen molar-refractivity contribution >= 4 is 22.5 Å². The first-order valence-corrected chi connectivity index (χ1v) is 7.04. The number of ether oxygens (including phenoxy) is 2. The maximum Gasteiger partial charge on any atom is 0.140 e. The second-order valence-corrected chi connectivity index (χ2v) is 5.87. The maximum absolute atomic E-state index is 6.27. The molecular weight excluding hydrogens is 262 g/mol. The van der Waals surface area contributed by atoms with Crippen molar-refractivity contribution in [2.24, 2.45) is 5.92 Å². The molecule has 102 valence electrons. The molecule has 1 aliphatic heterocycles. The van der Waals surface area contributed by atoms with E-state index in [0.29, 0.717) is 23.5 Å². The predicted molar refractivity (Wildman–Crippen MR) is 77.2 cm³/mol. The summed E-state index contributed by atoms with van der Waals surface area (Å²) in [7, 11) is 0. The van der Waals surface area contributed by atoms with Crippen molar-refractivity contribution in [3.63, 3.8) is 0 Å². The minimum atomic E-state index is 0.475. The van der Waals surface area contributed by atoms with Gasteiger partial charge in [-0.2, -0.15) is 0 Å². The number of fused-ring (bicyclic) bond motifs is 1. The molecule has 4 heteroatoms. The monoisotopic (exact) mass is 279 g/mol. The molecule has 0 unspecified atom stereocenters. The Morgan fingerprint density at radius 3 is 2.79 bits per heavy atom. The molecule has 0 amide bonds. The highest BCUT2D eigenvalue weighted by Gasteiger charge is 2.19. The molecule has 2 aromatic rings. The molecule has 0 saturated carbocycles. The van der Waals surface area contributed by atoms with Crippen molar-refractivity contribution in [3.05, 3.63) is 28.9 Å². The molecule has 19 heavy (non-hydrogen) atoms. The number of aromatic amines is 1. The Balaban J connectivity index is 1.84. The second-order valence-electron chi connectivity index (χ2n) is 5.46. The lowest BCUT2D eigenvalue weighted by Crippen LogP contribution is -2.32. The highest BCUT2D eigenvalue weighted by atomic mass is 35.5. The van der Waals surface area contributed by atoms with E-state index >= 15 is 0 Å². The van der Waals surface area contributed by atoms with Crippen molar-refractivity contribution in [1.82, 2.24) is 4.98 Å². The van der Waals surface area contributed by atoms with Crippen LogP contribution in [0.3, 0.4) is 0 Å². The topological polar surface area (TPSA) is 34.2 Å². The Bertz CT molecular complexity index is 587. The van der Waals surface area contributed by atoms with Crippen LogP contribution in [-0.2, 0) is 4.74 Å². The van der Waals surface area contributed by atoms with Crippen LogP contribution in [0.1, 0.15) is 25.5 Å². The Hall–Kier alpha value is -1.19. The quantitative estimate of drug-likeness (QED) is 0.919. The molecule has 3 nitrogen and oxygen atoms in total. The highest BCUT2D eigenvalue weighted by molar-refractivity contribution is 6.32. The summed E-state index contributed by atoms with van der Waals surface area (Å²) in [6, 6.07) is 6.10. The van der Waals surface area contributed by atoms with E-state index in [9.17, 15) is 0 Å². The van der Waals surface area contributed by atoms with Crippen LogP contribution in [0, 0.1) is 5.92 Å². The van der Waals surface area contributed by atoms with Gasteiger partial charge in [-0.3, -0.25) is 0 Å². The van der Waals surface area contributed by atoms with Crippen LogP contribution < -0.4 is 4.74 Å². The number of rotatable bonds is 4. The number of H-pyrrole nitrogens is 1. The maximum atomic E-state index is 6.27. The van der Waals surface area contributed by atoms with Gasteiger partial charge in [0.25, 0.3) is 0 Å². The summed E-state index contributed by atoms with van der Waals surface area (Å²) in [5.74, 6) is 1.72. The van der Waals surface area contributed by atoms with E-state index in [-0.39, 0.29) is 0 Å². The average molecular weight is 280 g/mol. The van der Waals surface area contributed by atoms with Gasteiger partial charge in [0.05, 0.1) is 24.8 Å². The third kappa shape index (κ3) is 2.58. The van der Waals surface area contributed by atoms with Gasteiger partial charge < -0.3 is 14.5 Å². The standard InChI is InChI=1S/C15H18ClNO2/c1-9(2)13-4-11-3-12(16)15(5-14(11)17-13)19-8-10-6-18-7-10/h3-5,9-10,17H,6-8H2,1-2H3. The summed E-state index contributed by atoms with van der Waals surface area (Å²) in [6.07, 6.45) is 0. The SMILES string of the molecule is CC(C)c1cc2cc(Cl)c(OCC3COC3)cc2[nH]1. The van der Waals surface area contributed by atoms with Gasteiger partial charge in [0.2, 0.25) is 0 Å². The zero-order valence-electron chi connectivity index (χ0n) is 11.2. The Morgan fingerprint density at radius 1 is 1.37 bits per heavy atom. The van der Waals surface area contributed by atoms with Crippen molar-refractivity contribution in [2.75, 3.05) is 19.8 Å². The zero-order valence-corrected chi connectivity index (χ0v) is 12.0. The lowest BCUT2D eigenvalue weighted by Gasteiger charge is -2.25. The van der Waals surface area contributed by atoms with Gasteiger partial charge >= 0.3 is 0 Å². The molecule has 1 saturated heterocycles. The first-order valence-electron chi connectivity index (χ1n) is 6.66. The van der Waals surface area contributed by atoms with Gasteiger partial charge in [-0.15, -0.1) is 0 Å². The normalized spacial score (nSPS) is 16.0. The van der Waals surface area contributed by atoms with Gasteiger partial charge in [0.15, 0.2) is 0 Å². The summed E-state index contributed by atoms with van der Waals surface area (Å²) in [5, 5.41) is 1.80. The van der Waals surface area contributed by atoms with E-state index in [1.54, 1.807) is 0 Å². The molecule has 0 aliphatic carbocycles. The number of nitrogens with one attached hydrogen (secondary N) is 1. The summed E-state index contributed by atoms with van der Waals surface area (Å²) < 4.78 is 10.9. The third-order valence-electron chi connectivity index (χ3n) is 3.50. The van der Waals surface area contributed by atoms with Crippen molar-refractivity contribution in [3.8, 4) is 5.75 Å². The van der Waals surface area contributed by atoms with Crippen LogP contribution in [0.2, 0.25) is 5.02 Å². The van der Waals surface area contributed by atoms with Gasteiger partial charge in [0, 0.05) is 28.6 Å².